The number of hydrogen-bond acceptors (Lipinski definition) is 8. The van der Waals surface area contributed by atoms with Crippen LogP contribution in [0.5, 0.6) is 0 Å². The molecule has 44 heavy (non-hydrogen) atoms. The van der Waals surface area contributed by atoms with Crippen molar-refractivity contribution in [2.24, 2.45) is 5.92 Å². The molecule has 1 aliphatic heterocycles. The van der Waals surface area contributed by atoms with Gasteiger partial charge in [0.15, 0.2) is 0 Å². The first kappa shape index (κ1) is 34.0. The van der Waals surface area contributed by atoms with Crippen molar-refractivity contribution >= 4 is 15.7 Å². The first-order chi connectivity index (χ1) is 20.9. The Hall–Kier alpha value is -2.90. The summed E-state index contributed by atoms with van der Waals surface area (Å²) < 4.78 is 38.4. The van der Waals surface area contributed by atoms with Crippen molar-refractivity contribution in [1.29, 1.82) is 0 Å². The summed E-state index contributed by atoms with van der Waals surface area (Å²) in [5.74, 6) is -0.560. The van der Waals surface area contributed by atoms with Gasteiger partial charge in [-0.25, -0.2) is 17.5 Å². The van der Waals surface area contributed by atoms with E-state index >= 15 is 0 Å². The van der Waals surface area contributed by atoms with Gasteiger partial charge in [-0.15, -0.1) is 0 Å². The zero-order valence-electron chi connectivity index (χ0n) is 24.9. The summed E-state index contributed by atoms with van der Waals surface area (Å²) in [4.78, 5) is 1.94. The third-order valence-electron chi connectivity index (χ3n) is 8.43. The Labute approximate surface area is 258 Å². The highest BCUT2D eigenvalue weighted by molar-refractivity contribution is 7.88. The molecular weight excluding hydrogens is 587 g/mol. The molecule has 3 aromatic carbocycles. The van der Waals surface area contributed by atoms with Crippen LogP contribution >= 0.6 is 0 Å². The number of aliphatic hydroxyl groups is 5. The maximum atomic E-state index is 13.4. The van der Waals surface area contributed by atoms with E-state index in [-0.39, 0.29) is 24.2 Å². The second-order valence-corrected chi connectivity index (χ2v) is 13.6. The van der Waals surface area contributed by atoms with Gasteiger partial charge >= 0.3 is 0 Å². The average molecular weight is 631 g/mol. The lowest BCUT2D eigenvalue weighted by Crippen LogP contribution is -2.58. The summed E-state index contributed by atoms with van der Waals surface area (Å²) >= 11 is 0. The van der Waals surface area contributed by atoms with Crippen molar-refractivity contribution < 1.29 is 38.3 Å². The molecule has 1 fully saturated rings. The number of anilines is 1. The van der Waals surface area contributed by atoms with Gasteiger partial charge in [0, 0.05) is 18.2 Å². The molecule has 0 aliphatic carbocycles. The van der Waals surface area contributed by atoms with Crippen molar-refractivity contribution in [3.05, 3.63) is 101 Å². The summed E-state index contributed by atoms with van der Waals surface area (Å²) in [6.45, 7) is -0.704. The Kier molecular flexibility index (Phi) is 11.5. The Morgan fingerprint density at radius 3 is 2.11 bits per heavy atom. The number of aliphatic hydroxyl groups excluding tert-OH is 4. The minimum absolute atomic E-state index is 0.184. The molecule has 0 radical (unpaired) electrons. The lowest BCUT2D eigenvalue weighted by atomic mass is 9.77. The van der Waals surface area contributed by atoms with Crippen LogP contribution < -0.4 is 9.62 Å². The summed E-state index contributed by atoms with van der Waals surface area (Å²) in [5, 5.41) is 51.1. The lowest BCUT2D eigenvalue weighted by molar-refractivity contribution is -0.0599. The Bertz CT molecular complexity index is 1430. The van der Waals surface area contributed by atoms with Crippen LogP contribution in [0.4, 0.5) is 10.1 Å². The lowest BCUT2D eigenvalue weighted by Gasteiger charge is -2.54. The smallest absolute Gasteiger partial charge is 0.208 e. The molecule has 11 heteroatoms. The zero-order chi connectivity index (χ0) is 31.9. The topological polar surface area (TPSA) is 151 Å². The number of halogens is 1. The zero-order valence-corrected chi connectivity index (χ0v) is 25.7. The number of benzene rings is 3. The van der Waals surface area contributed by atoms with Crippen molar-refractivity contribution in [1.82, 2.24) is 4.72 Å². The highest BCUT2D eigenvalue weighted by Gasteiger charge is 2.48. The summed E-state index contributed by atoms with van der Waals surface area (Å²) in [6.07, 6.45) is 2.46. The molecule has 0 amide bonds. The highest BCUT2D eigenvalue weighted by atomic mass is 32.2. The van der Waals surface area contributed by atoms with E-state index in [4.69, 9.17) is 0 Å². The van der Waals surface area contributed by atoms with Crippen LogP contribution in [0, 0.1) is 11.7 Å². The molecule has 0 saturated carbocycles. The minimum atomic E-state index is -3.23. The van der Waals surface area contributed by atoms with E-state index in [1.54, 1.807) is 12.1 Å². The minimum Gasteiger partial charge on any atom is -0.393 e. The normalized spacial score (nSPS) is 19.5. The van der Waals surface area contributed by atoms with Gasteiger partial charge in [0.05, 0.1) is 31.6 Å². The Morgan fingerprint density at radius 2 is 1.52 bits per heavy atom. The summed E-state index contributed by atoms with van der Waals surface area (Å²) in [5.41, 5.74) is 2.85. The van der Waals surface area contributed by atoms with Gasteiger partial charge in [-0.3, -0.25) is 0 Å². The maximum Gasteiger partial charge on any atom is 0.208 e. The predicted molar refractivity (Wildman–Crippen MR) is 167 cm³/mol. The summed E-state index contributed by atoms with van der Waals surface area (Å²) in [7, 11) is -3.23. The fourth-order valence-electron chi connectivity index (χ4n) is 5.72. The predicted octanol–water partition coefficient (Wildman–Crippen LogP) is 2.97. The van der Waals surface area contributed by atoms with Gasteiger partial charge in [0.1, 0.15) is 17.6 Å². The molecule has 6 N–H and O–H groups in total. The maximum absolute atomic E-state index is 13.4. The summed E-state index contributed by atoms with van der Waals surface area (Å²) in [6, 6.07) is 21.2. The molecule has 0 spiro atoms. The van der Waals surface area contributed by atoms with Gasteiger partial charge < -0.3 is 30.4 Å². The van der Waals surface area contributed by atoms with E-state index in [1.807, 2.05) is 53.4 Å². The molecule has 1 aliphatic rings. The van der Waals surface area contributed by atoms with Crippen molar-refractivity contribution in [2.45, 2.75) is 62.5 Å². The van der Waals surface area contributed by atoms with Gasteiger partial charge in [-0.1, -0.05) is 48.5 Å². The Balaban J connectivity index is 1.48. The van der Waals surface area contributed by atoms with Crippen LogP contribution in [-0.2, 0) is 22.9 Å². The van der Waals surface area contributed by atoms with Crippen LogP contribution in [0.3, 0.4) is 0 Å². The second kappa shape index (κ2) is 14.9. The third-order valence-corrected chi connectivity index (χ3v) is 9.16. The van der Waals surface area contributed by atoms with Gasteiger partial charge in [-0.05, 0) is 85.0 Å². The standard InChI is InChI=1S/C33H43FN2O7S/c1-44(42,43)35-20-2-3-23-6-14-28(15-7-23)36-31(26-8-4-24(5-9-26)18-19-33(41,21-37)22-38)29(32(36)40)16-17-30(39)25-10-12-27(34)13-11-25/h4-15,29-32,35,37-41H,2-3,16-22H2,1H3/t29-,30+,31-,32?/m1/s1. The molecule has 1 heterocycles. The number of hydrogen-bond donors (Lipinski definition) is 6. The molecule has 3 aromatic rings. The van der Waals surface area contributed by atoms with Gasteiger partial charge in [0.25, 0.3) is 0 Å². The largest absolute Gasteiger partial charge is 0.393 e. The van der Waals surface area contributed by atoms with E-state index < -0.39 is 41.2 Å². The van der Waals surface area contributed by atoms with Gasteiger partial charge in [-0.2, -0.15) is 0 Å². The molecule has 4 atom stereocenters. The molecule has 240 valence electrons. The van der Waals surface area contributed by atoms with E-state index in [1.165, 1.54) is 12.1 Å². The van der Waals surface area contributed by atoms with E-state index in [0.717, 1.165) is 28.6 Å². The molecule has 9 nitrogen and oxygen atoms in total. The number of nitrogens with one attached hydrogen (secondary N) is 1. The Morgan fingerprint density at radius 1 is 0.932 bits per heavy atom. The van der Waals surface area contributed by atoms with Crippen LogP contribution in [0.25, 0.3) is 0 Å². The van der Waals surface area contributed by atoms with E-state index in [2.05, 4.69) is 4.72 Å². The number of rotatable bonds is 16. The van der Waals surface area contributed by atoms with Crippen LogP contribution in [0.15, 0.2) is 72.8 Å². The van der Waals surface area contributed by atoms with Crippen molar-refractivity contribution in [3.8, 4) is 0 Å². The SMILES string of the molecule is CS(=O)(=O)NCCCc1ccc(N2C(O)[C@H](CC[C@H](O)c3ccc(F)cc3)[C@H]2c2ccc(CCC(O)(CO)CO)cc2)cc1. The molecular formula is C33H43FN2O7S. The highest BCUT2D eigenvalue weighted by Crippen LogP contribution is 2.49. The van der Waals surface area contributed by atoms with E-state index in [9.17, 15) is 38.3 Å². The fourth-order valence-corrected chi connectivity index (χ4v) is 6.24. The molecule has 1 unspecified atom stereocenters. The van der Waals surface area contributed by atoms with Crippen LogP contribution in [-0.4, -0.2) is 71.8 Å². The number of nitrogens with zero attached hydrogens (tertiary/aromatic N) is 1. The molecule has 0 bridgehead atoms. The van der Waals surface area contributed by atoms with Crippen molar-refractivity contribution in [3.63, 3.8) is 0 Å². The quantitative estimate of drug-likeness (QED) is 0.132. The molecule has 0 aromatic heterocycles. The number of aryl methyl sites for hydroxylation is 2. The molecule has 1 saturated heterocycles. The second-order valence-electron chi connectivity index (χ2n) is 11.8. The van der Waals surface area contributed by atoms with Gasteiger partial charge in [0.2, 0.25) is 10.0 Å². The first-order valence-electron chi connectivity index (χ1n) is 14.9. The fraction of sp³-hybridized carbons (Fsp3) is 0.455. The van der Waals surface area contributed by atoms with E-state index in [0.29, 0.717) is 44.2 Å². The average Bonchev–Trinajstić information content (AvgIpc) is 3.01. The van der Waals surface area contributed by atoms with Crippen LogP contribution in [0.2, 0.25) is 0 Å². The van der Waals surface area contributed by atoms with Crippen LogP contribution in [0.1, 0.15) is 60.1 Å². The first-order valence-corrected chi connectivity index (χ1v) is 16.8. The van der Waals surface area contributed by atoms with Crippen molar-refractivity contribution in [2.75, 3.05) is 30.9 Å². The molecule has 4 rings (SSSR count). The monoisotopic (exact) mass is 630 g/mol. The number of sulfonamides is 1. The third kappa shape index (κ3) is 8.85.